The number of carbonyl (C=O) groups is 2. The van der Waals surface area contributed by atoms with Gasteiger partial charge in [-0.1, -0.05) is 12.1 Å². The lowest BCUT2D eigenvalue weighted by atomic mass is 9.98. The molecule has 5 aromatic rings. The van der Waals surface area contributed by atoms with Crippen molar-refractivity contribution >= 4 is 28.4 Å². The van der Waals surface area contributed by atoms with Crippen LogP contribution in [-0.4, -0.2) is 59.6 Å². The van der Waals surface area contributed by atoms with E-state index < -0.39 is 23.1 Å². The summed E-state index contributed by atoms with van der Waals surface area (Å²) in [6, 6.07) is 17.3. The normalized spacial score (nSPS) is 13.6. The Kier molecular flexibility index (Phi) is 9.81. The van der Waals surface area contributed by atoms with E-state index in [2.05, 4.69) is 10.3 Å². The van der Waals surface area contributed by atoms with Crippen LogP contribution in [0.15, 0.2) is 90.0 Å². The van der Waals surface area contributed by atoms with Crippen LogP contribution in [0.1, 0.15) is 23.2 Å². The van der Waals surface area contributed by atoms with Gasteiger partial charge in [0.2, 0.25) is 5.91 Å². The number of nitrogens with two attached hydrogens (primary N) is 1. The molecule has 2 aromatic heterocycles. The van der Waals surface area contributed by atoms with Crippen molar-refractivity contribution in [3.8, 4) is 28.7 Å². The number of aromatic nitrogens is 2. The summed E-state index contributed by atoms with van der Waals surface area (Å²) in [7, 11) is 1.52. The highest BCUT2D eigenvalue weighted by molar-refractivity contribution is 6.04. The summed E-state index contributed by atoms with van der Waals surface area (Å²) < 4.78 is 48.3. The lowest BCUT2D eigenvalue weighted by molar-refractivity contribution is -0.119. The summed E-state index contributed by atoms with van der Waals surface area (Å²) in [4.78, 5) is 43.7. The predicted molar refractivity (Wildman–Crippen MR) is 179 cm³/mol. The number of primary amides is 1. The Balaban J connectivity index is 1.15. The number of likely N-dealkylation sites (tertiary alicyclic amines) is 1. The van der Waals surface area contributed by atoms with E-state index in [9.17, 15) is 18.8 Å². The molecule has 2 amide bonds. The van der Waals surface area contributed by atoms with Gasteiger partial charge in [0, 0.05) is 35.6 Å². The van der Waals surface area contributed by atoms with Gasteiger partial charge >= 0.3 is 0 Å². The smallest absolute Gasteiger partial charge is 0.268 e. The number of amides is 2. The summed E-state index contributed by atoms with van der Waals surface area (Å²) in [5, 5.41) is 3.07. The first-order valence-electron chi connectivity index (χ1n) is 15.6. The zero-order valence-electron chi connectivity index (χ0n) is 26.5. The van der Waals surface area contributed by atoms with Crippen molar-refractivity contribution in [2.45, 2.75) is 12.8 Å². The van der Waals surface area contributed by atoms with Crippen molar-refractivity contribution in [3.05, 3.63) is 113 Å². The van der Waals surface area contributed by atoms with Crippen molar-refractivity contribution in [1.29, 1.82) is 0 Å². The second-order valence-electron chi connectivity index (χ2n) is 11.6. The van der Waals surface area contributed by atoms with E-state index in [-0.39, 0.29) is 35.1 Å². The van der Waals surface area contributed by atoms with Gasteiger partial charge in [-0.05, 0) is 80.4 Å². The van der Waals surface area contributed by atoms with E-state index in [1.54, 1.807) is 24.3 Å². The van der Waals surface area contributed by atoms with Crippen LogP contribution in [-0.2, 0) is 4.79 Å². The van der Waals surface area contributed by atoms with Crippen molar-refractivity contribution in [3.63, 3.8) is 0 Å². The second-order valence-corrected chi connectivity index (χ2v) is 11.6. The fourth-order valence-electron chi connectivity index (χ4n) is 5.71. The number of nitrogens with one attached hydrogen (secondary N) is 1. The molecule has 0 atom stereocenters. The molecule has 0 saturated carbocycles. The summed E-state index contributed by atoms with van der Waals surface area (Å²) in [6.07, 6.45) is 4.63. The maximum Gasteiger partial charge on any atom is 0.268 e. The first-order chi connectivity index (χ1) is 23.7. The van der Waals surface area contributed by atoms with Gasteiger partial charge in [0.1, 0.15) is 17.1 Å². The van der Waals surface area contributed by atoms with Gasteiger partial charge in [-0.3, -0.25) is 28.8 Å². The maximum atomic E-state index is 15.3. The van der Waals surface area contributed by atoms with Crippen LogP contribution in [0.5, 0.6) is 23.0 Å². The third-order valence-electron chi connectivity index (χ3n) is 8.26. The summed E-state index contributed by atoms with van der Waals surface area (Å²) in [5.74, 6) is -1.07. The molecule has 1 fully saturated rings. The number of para-hydroxylation sites is 1. The number of piperidine rings is 1. The number of fused-ring (bicyclic) bond motifs is 1. The molecule has 13 heteroatoms. The Hall–Kier alpha value is -5.82. The zero-order chi connectivity index (χ0) is 34.5. The minimum absolute atomic E-state index is 0.00451. The molecule has 0 unspecified atom stereocenters. The van der Waals surface area contributed by atoms with Crippen LogP contribution < -0.4 is 30.8 Å². The van der Waals surface area contributed by atoms with Crippen LogP contribution in [0, 0.1) is 17.6 Å². The van der Waals surface area contributed by atoms with E-state index >= 15 is 4.39 Å². The third-order valence-corrected chi connectivity index (χ3v) is 8.26. The molecule has 11 nitrogen and oxygen atoms in total. The minimum atomic E-state index is -0.789. The number of benzene rings is 3. The van der Waals surface area contributed by atoms with Gasteiger partial charge in [-0.15, -0.1) is 0 Å². The first-order valence-corrected chi connectivity index (χ1v) is 15.6. The van der Waals surface area contributed by atoms with Crippen LogP contribution in [0.25, 0.3) is 16.6 Å². The van der Waals surface area contributed by atoms with E-state index in [0.29, 0.717) is 40.7 Å². The predicted octanol–water partition coefficient (Wildman–Crippen LogP) is 5.29. The number of methoxy groups -OCH3 is 1. The van der Waals surface area contributed by atoms with Gasteiger partial charge < -0.3 is 25.3 Å². The number of halogens is 2. The second kappa shape index (κ2) is 14.5. The van der Waals surface area contributed by atoms with Crippen LogP contribution in [0.2, 0.25) is 0 Å². The number of hydrogen-bond donors (Lipinski definition) is 2. The third kappa shape index (κ3) is 7.52. The standard InChI is InChI=1S/C36H33F2N5O6/c1-47-32-18-25-28(19-33(32)48-21-22-11-15-42(16-12-22)20-34(39)44)40-13-10-30(25)49-31-9-8-23(17-27(31)38)41-35(45)24-5-4-14-43(36(24)46)29-7-3-2-6-26(29)37/h2-10,13-14,17-19,22H,11-12,15-16,20-21H2,1H3,(H2,39,44)(H,41,45). The van der Waals surface area contributed by atoms with Gasteiger partial charge in [0.05, 0.1) is 31.5 Å². The number of carbonyl (C=O) groups excluding carboxylic acids is 2. The molecule has 49 heavy (non-hydrogen) atoms. The Labute approximate surface area is 279 Å². The van der Waals surface area contributed by atoms with Crippen LogP contribution in [0.3, 0.4) is 0 Å². The molecule has 0 spiro atoms. The van der Waals surface area contributed by atoms with E-state index in [4.69, 9.17) is 19.9 Å². The average molecular weight is 670 g/mol. The van der Waals surface area contributed by atoms with E-state index in [0.717, 1.165) is 36.6 Å². The summed E-state index contributed by atoms with van der Waals surface area (Å²) in [5.41, 5.74) is 4.94. The lowest BCUT2D eigenvalue weighted by Crippen LogP contribution is -2.40. The minimum Gasteiger partial charge on any atom is -0.493 e. The van der Waals surface area contributed by atoms with Crippen molar-refractivity contribution in [1.82, 2.24) is 14.5 Å². The molecule has 1 aliphatic heterocycles. The highest BCUT2D eigenvalue weighted by Gasteiger charge is 2.22. The highest BCUT2D eigenvalue weighted by atomic mass is 19.1. The van der Waals surface area contributed by atoms with Gasteiger partial charge in [0.15, 0.2) is 23.1 Å². The quantitative estimate of drug-likeness (QED) is 0.194. The van der Waals surface area contributed by atoms with E-state index in [1.807, 2.05) is 4.90 Å². The average Bonchev–Trinajstić information content (AvgIpc) is 3.09. The fraction of sp³-hybridized carbons (Fsp3) is 0.222. The van der Waals surface area contributed by atoms with Gasteiger partial charge in [-0.25, -0.2) is 8.78 Å². The molecular weight excluding hydrogens is 636 g/mol. The molecule has 252 valence electrons. The van der Waals surface area contributed by atoms with Crippen molar-refractivity contribution in [2.24, 2.45) is 11.7 Å². The molecule has 1 aliphatic rings. The molecule has 0 radical (unpaired) electrons. The van der Waals surface area contributed by atoms with Crippen molar-refractivity contribution in [2.75, 3.05) is 38.7 Å². The Morgan fingerprint density at radius 2 is 1.73 bits per heavy atom. The molecule has 6 rings (SSSR count). The van der Waals surface area contributed by atoms with Crippen molar-refractivity contribution < 1.29 is 32.6 Å². The van der Waals surface area contributed by atoms with Gasteiger partial charge in [0.25, 0.3) is 11.5 Å². The SMILES string of the molecule is COc1cc2c(Oc3ccc(NC(=O)c4cccn(-c5ccccc5F)c4=O)cc3F)ccnc2cc1OCC1CCN(CC(N)=O)CC1. The topological polar surface area (TPSA) is 138 Å². The number of nitrogens with zero attached hydrogens (tertiary/aromatic N) is 3. The number of rotatable bonds is 11. The summed E-state index contributed by atoms with van der Waals surface area (Å²) >= 11 is 0. The van der Waals surface area contributed by atoms with E-state index in [1.165, 1.54) is 62.0 Å². The van der Waals surface area contributed by atoms with Crippen LogP contribution in [0.4, 0.5) is 14.5 Å². The monoisotopic (exact) mass is 669 g/mol. The molecule has 1 saturated heterocycles. The maximum absolute atomic E-state index is 15.3. The fourth-order valence-corrected chi connectivity index (χ4v) is 5.71. The van der Waals surface area contributed by atoms with Gasteiger partial charge in [-0.2, -0.15) is 0 Å². The Morgan fingerprint density at radius 1 is 0.939 bits per heavy atom. The number of pyridine rings is 2. The zero-order valence-corrected chi connectivity index (χ0v) is 26.5. The largest absolute Gasteiger partial charge is 0.493 e. The molecule has 3 heterocycles. The molecule has 0 aliphatic carbocycles. The molecular formula is C36H33F2N5O6. The Morgan fingerprint density at radius 3 is 2.47 bits per heavy atom. The molecule has 3 N–H and O–H groups in total. The first kappa shape index (κ1) is 33.1. The molecule has 3 aromatic carbocycles. The van der Waals surface area contributed by atoms with Crippen LogP contribution >= 0.6 is 0 Å². The Bertz CT molecular complexity index is 2080. The number of hydrogen-bond acceptors (Lipinski definition) is 8. The lowest BCUT2D eigenvalue weighted by Gasteiger charge is -2.31. The molecule has 0 bridgehead atoms. The summed E-state index contributed by atoms with van der Waals surface area (Å²) in [6.45, 7) is 2.25. The highest BCUT2D eigenvalue weighted by Crippen LogP contribution is 2.38. The number of ether oxygens (including phenoxy) is 3. The number of anilines is 1.